The van der Waals surface area contributed by atoms with Crippen LogP contribution in [0.5, 0.6) is 0 Å². The van der Waals surface area contributed by atoms with Crippen LogP contribution in [0.15, 0.2) is 30.3 Å². The Balaban J connectivity index is 2.21. The Morgan fingerprint density at radius 2 is 2.00 bits per heavy atom. The molecule has 0 aliphatic rings. The second-order valence-electron chi connectivity index (χ2n) is 4.79. The summed E-state index contributed by atoms with van der Waals surface area (Å²) < 4.78 is 5.60. The van der Waals surface area contributed by atoms with Crippen molar-refractivity contribution in [3.05, 3.63) is 35.9 Å². The van der Waals surface area contributed by atoms with Crippen LogP contribution >= 0.6 is 0 Å². The lowest BCUT2D eigenvalue weighted by molar-refractivity contribution is -0.121. The molecule has 2 atom stereocenters. The molecule has 0 saturated carbocycles. The molecule has 3 heteroatoms. The van der Waals surface area contributed by atoms with Crippen molar-refractivity contribution in [3.63, 3.8) is 0 Å². The fourth-order valence-electron chi connectivity index (χ4n) is 1.73. The largest absolute Gasteiger partial charge is 0.376 e. The Morgan fingerprint density at radius 1 is 1.33 bits per heavy atom. The average molecular weight is 249 g/mol. The monoisotopic (exact) mass is 249 g/mol. The topological polar surface area (TPSA) is 52.3 Å². The summed E-state index contributed by atoms with van der Waals surface area (Å²) in [6.07, 6.45) is 1.21. The van der Waals surface area contributed by atoms with E-state index in [2.05, 4.69) is 0 Å². The number of rotatable bonds is 8. The molecule has 0 fully saturated rings. The minimum Gasteiger partial charge on any atom is -0.376 e. The average Bonchev–Trinajstić information content (AvgIpc) is 2.38. The van der Waals surface area contributed by atoms with Crippen LogP contribution in [0, 0.1) is 5.92 Å². The number of carbonyl (C=O) groups is 1. The van der Waals surface area contributed by atoms with Gasteiger partial charge in [-0.15, -0.1) is 0 Å². The van der Waals surface area contributed by atoms with Crippen molar-refractivity contribution < 1.29 is 9.53 Å². The van der Waals surface area contributed by atoms with Gasteiger partial charge in [-0.2, -0.15) is 0 Å². The molecular weight excluding hydrogens is 226 g/mol. The maximum Gasteiger partial charge on any atom is 0.149 e. The number of hydrogen-bond donors (Lipinski definition) is 1. The molecule has 1 aromatic carbocycles. The molecule has 0 radical (unpaired) electrons. The zero-order valence-corrected chi connectivity index (χ0v) is 11.3. The first kappa shape index (κ1) is 14.9. The Kier molecular flexibility index (Phi) is 6.61. The number of ketones is 1. The Labute approximate surface area is 109 Å². The highest BCUT2D eigenvalue weighted by atomic mass is 16.5. The maximum atomic E-state index is 11.6. The Bertz CT molecular complexity index is 351. The van der Waals surface area contributed by atoms with E-state index in [4.69, 9.17) is 10.5 Å². The van der Waals surface area contributed by atoms with Crippen molar-refractivity contribution in [1.29, 1.82) is 0 Å². The first-order chi connectivity index (χ1) is 8.63. The molecule has 1 rings (SSSR count). The highest BCUT2D eigenvalue weighted by Gasteiger charge is 2.14. The van der Waals surface area contributed by atoms with Gasteiger partial charge in [0.2, 0.25) is 0 Å². The van der Waals surface area contributed by atoms with Gasteiger partial charge in [-0.1, -0.05) is 44.2 Å². The van der Waals surface area contributed by atoms with Crippen molar-refractivity contribution in [2.24, 2.45) is 11.7 Å². The molecule has 1 aromatic rings. The summed E-state index contributed by atoms with van der Waals surface area (Å²) in [5.74, 6) is 0.354. The summed E-state index contributed by atoms with van der Waals surface area (Å²) in [5.41, 5.74) is 6.85. The lowest BCUT2D eigenvalue weighted by atomic mass is 10.00. The Morgan fingerprint density at radius 3 is 2.61 bits per heavy atom. The number of benzene rings is 1. The predicted octanol–water partition coefficient (Wildman–Crippen LogP) is 2.54. The highest BCUT2D eigenvalue weighted by Crippen LogP contribution is 2.08. The van der Waals surface area contributed by atoms with Crippen LogP contribution in [-0.4, -0.2) is 18.4 Å². The minimum absolute atomic E-state index is 0.133. The molecular formula is C15H23NO2. The van der Waals surface area contributed by atoms with E-state index in [0.717, 1.165) is 5.56 Å². The molecule has 0 bridgehead atoms. The fourth-order valence-corrected chi connectivity index (χ4v) is 1.73. The van der Waals surface area contributed by atoms with Crippen LogP contribution in [0.25, 0.3) is 0 Å². The van der Waals surface area contributed by atoms with Gasteiger partial charge >= 0.3 is 0 Å². The predicted molar refractivity (Wildman–Crippen MR) is 73.2 cm³/mol. The normalized spacial score (nSPS) is 14.2. The highest BCUT2D eigenvalue weighted by molar-refractivity contribution is 5.83. The van der Waals surface area contributed by atoms with Crippen molar-refractivity contribution in [2.75, 3.05) is 6.61 Å². The fraction of sp³-hybridized carbons (Fsp3) is 0.533. The number of ether oxygens (including phenoxy) is 1. The van der Waals surface area contributed by atoms with Gasteiger partial charge in [-0.05, 0) is 17.9 Å². The smallest absolute Gasteiger partial charge is 0.149 e. The molecule has 0 aliphatic carbocycles. The van der Waals surface area contributed by atoms with E-state index in [1.165, 1.54) is 0 Å². The lowest BCUT2D eigenvalue weighted by Crippen LogP contribution is -2.31. The third kappa shape index (κ3) is 5.43. The zero-order valence-electron chi connectivity index (χ0n) is 11.3. The van der Waals surface area contributed by atoms with Gasteiger partial charge in [0, 0.05) is 13.0 Å². The van der Waals surface area contributed by atoms with Gasteiger partial charge in [0.25, 0.3) is 0 Å². The van der Waals surface area contributed by atoms with E-state index >= 15 is 0 Å². The number of Topliss-reactive ketones (excluding diaryl/α,β-unsaturated/α-hetero) is 1. The SMILES string of the molecule is CC[C@H](N)C(=O)CC(C)COCc1ccccc1. The van der Waals surface area contributed by atoms with Crippen LogP contribution in [0.2, 0.25) is 0 Å². The molecule has 18 heavy (non-hydrogen) atoms. The van der Waals surface area contributed by atoms with E-state index in [0.29, 0.717) is 26.1 Å². The quantitative estimate of drug-likeness (QED) is 0.770. The summed E-state index contributed by atoms with van der Waals surface area (Å²) >= 11 is 0. The molecule has 100 valence electrons. The minimum atomic E-state index is -0.318. The molecule has 0 saturated heterocycles. The summed E-state index contributed by atoms with van der Waals surface area (Å²) in [4.78, 5) is 11.6. The van der Waals surface area contributed by atoms with Crippen molar-refractivity contribution in [3.8, 4) is 0 Å². The number of hydrogen-bond acceptors (Lipinski definition) is 3. The van der Waals surface area contributed by atoms with Crippen LogP contribution in [0.3, 0.4) is 0 Å². The van der Waals surface area contributed by atoms with Gasteiger partial charge in [0.05, 0.1) is 12.6 Å². The van der Waals surface area contributed by atoms with Gasteiger partial charge in [0.15, 0.2) is 0 Å². The van der Waals surface area contributed by atoms with Gasteiger partial charge in [-0.3, -0.25) is 4.79 Å². The summed E-state index contributed by atoms with van der Waals surface area (Å²) in [5, 5.41) is 0. The van der Waals surface area contributed by atoms with Crippen molar-refractivity contribution in [1.82, 2.24) is 0 Å². The molecule has 0 heterocycles. The molecule has 2 N–H and O–H groups in total. The lowest BCUT2D eigenvalue weighted by Gasteiger charge is -2.14. The summed E-state index contributed by atoms with van der Waals surface area (Å²) in [6.45, 7) is 5.14. The van der Waals surface area contributed by atoms with E-state index in [-0.39, 0.29) is 17.7 Å². The standard InChI is InChI=1S/C15H23NO2/c1-3-14(16)15(17)9-12(2)10-18-11-13-7-5-4-6-8-13/h4-8,12,14H,3,9-11,16H2,1-2H3/t12?,14-/m0/s1. The van der Waals surface area contributed by atoms with Gasteiger partial charge in [0.1, 0.15) is 5.78 Å². The maximum absolute atomic E-state index is 11.6. The van der Waals surface area contributed by atoms with E-state index in [1.807, 2.05) is 44.2 Å². The molecule has 0 amide bonds. The molecule has 3 nitrogen and oxygen atoms in total. The van der Waals surface area contributed by atoms with Crippen LogP contribution in [0.1, 0.15) is 32.3 Å². The van der Waals surface area contributed by atoms with E-state index in [1.54, 1.807) is 0 Å². The van der Waals surface area contributed by atoms with Crippen LogP contribution in [-0.2, 0) is 16.1 Å². The molecule has 0 spiro atoms. The van der Waals surface area contributed by atoms with Crippen molar-refractivity contribution in [2.45, 2.75) is 39.3 Å². The summed E-state index contributed by atoms with van der Waals surface area (Å²) in [7, 11) is 0. The second kappa shape index (κ2) is 8.01. The van der Waals surface area contributed by atoms with Crippen molar-refractivity contribution >= 4 is 5.78 Å². The van der Waals surface area contributed by atoms with E-state index in [9.17, 15) is 4.79 Å². The van der Waals surface area contributed by atoms with Crippen LogP contribution in [0.4, 0.5) is 0 Å². The first-order valence-corrected chi connectivity index (χ1v) is 6.53. The van der Waals surface area contributed by atoms with Crippen LogP contribution < -0.4 is 5.73 Å². The molecule has 0 aromatic heterocycles. The molecule has 1 unspecified atom stereocenters. The third-order valence-corrected chi connectivity index (χ3v) is 2.92. The van der Waals surface area contributed by atoms with Gasteiger partial charge < -0.3 is 10.5 Å². The summed E-state index contributed by atoms with van der Waals surface area (Å²) in [6, 6.07) is 9.71. The van der Waals surface area contributed by atoms with Gasteiger partial charge in [-0.25, -0.2) is 0 Å². The second-order valence-corrected chi connectivity index (χ2v) is 4.79. The van der Waals surface area contributed by atoms with E-state index < -0.39 is 0 Å². The molecule has 0 aliphatic heterocycles. The number of nitrogens with two attached hydrogens (primary N) is 1. The number of carbonyl (C=O) groups excluding carboxylic acids is 1. The Hall–Kier alpha value is -1.19. The first-order valence-electron chi connectivity index (χ1n) is 6.53. The third-order valence-electron chi connectivity index (χ3n) is 2.92. The zero-order chi connectivity index (χ0) is 13.4.